The Kier molecular flexibility index (Phi) is 9.85. The van der Waals surface area contributed by atoms with Crippen LogP contribution in [-0.4, -0.2) is 65.0 Å². The maximum Gasteiger partial charge on any atom is 0.218 e. The van der Waals surface area contributed by atoms with Gasteiger partial charge in [0.05, 0.1) is 6.61 Å². The van der Waals surface area contributed by atoms with Crippen molar-refractivity contribution in [2.75, 3.05) is 44.7 Å². The van der Waals surface area contributed by atoms with Gasteiger partial charge in [0.25, 0.3) is 0 Å². The Morgan fingerprint density at radius 3 is 2.72 bits per heavy atom. The Morgan fingerprint density at radius 1 is 1.28 bits per heavy atom. The summed E-state index contributed by atoms with van der Waals surface area (Å²) >= 11 is 1.49. The van der Waals surface area contributed by atoms with Crippen molar-refractivity contribution in [1.29, 1.82) is 0 Å². The fraction of sp³-hybridized carbons (Fsp3) is 0.579. The van der Waals surface area contributed by atoms with Crippen LogP contribution < -0.4 is 15.0 Å². The lowest BCUT2D eigenvalue weighted by Crippen LogP contribution is -2.52. The summed E-state index contributed by atoms with van der Waals surface area (Å²) in [5.41, 5.74) is 1.04. The zero-order valence-corrected chi connectivity index (χ0v) is 20.4. The minimum absolute atomic E-state index is 0. The minimum Gasteiger partial charge on any atom is -0.477 e. The van der Waals surface area contributed by atoms with Crippen molar-refractivity contribution in [3.05, 3.63) is 29.7 Å². The molecule has 1 aliphatic heterocycles. The van der Waals surface area contributed by atoms with E-state index in [2.05, 4.69) is 48.3 Å². The zero-order valence-electron chi connectivity index (χ0n) is 17.3. The van der Waals surface area contributed by atoms with E-state index in [1.54, 1.807) is 6.20 Å². The smallest absolute Gasteiger partial charge is 0.218 e. The Hall–Kier alpha value is -1.69. The quantitative estimate of drug-likeness (QED) is 0.335. The van der Waals surface area contributed by atoms with Gasteiger partial charge in [0.2, 0.25) is 11.0 Å². The summed E-state index contributed by atoms with van der Waals surface area (Å²) in [5, 5.41) is 4.47. The van der Waals surface area contributed by atoms with Crippen molar-refractivity contribution < 1.29 is 4.74 Å². The molecule has 3 heterocycles. The Balaban J connectivity index is 0.00000300. The molecule has 0 bridgehead atoms. The molecule has 0 amide bonds. The highest BCUT2D eigenvalue weighted by atomic mass is 127. The second-order valence-corrected chi connectivity index (χ2v) is 7.27. The number of piperazine rings is 1. The maximum atomic E-state index is 5.75. The fourth-order valence-corrected chi connectivity index (χ4v) is 3.82. The van der Waals surface area contributed by atoms with E-state index in [9.17, 15) is 0 Å². The summed E-state index contributed by atoms with van der Waals surface area (Å²) in [7, 11) is 1.82. The standard InChI is InChI=1S/C19H29N7OS.HI/c1-4-13-27-17-15(7-6-8-21-17)14-22-18(20-3)25-9-11-26(12-10-25)19-23-16(5-2)24-28-19;/h6-8H,4-5,9-14H2,1-3H3,(H,20,22);1H. The van der Waals surface area contributed by atoms with Crippen molar-refractivity contribution in [1.82, 2.24) is 24.6 Å². The molecule has 10 heteroatoms. The average Bonchev–Trinajstić information content (AvgIpc) is 3.23. The van der Waals surface area contributed by atoms with Crippen LogP contribution in [0.5, 0.6) is 5.88 Å². The highest BCUT2D eigenvalue weighted by molar-refractivity contribution is 14.0. The Bertz CT molecular complexity index is 777. The lowest BCUT2D eigenvalue weighted by Gasteiger charge is -2.36. The summed E-state index contributed by atoms with van der Waals surface area (Å²) in [6.07, 6.45) is 3.61. The molecule has 8 nitrogen and oxygen atoms in total. The lowest BCUT2D eigenvalue weighted by molar-refractivity contribution is 0.301. The van der Waals surface area contributed by atoms with Gasteiger partial charge in [-0.25, -0.2) is 9.97 Å². The van der Waals surface area contributed by atoms with Crippen LogP contribution in [0.15, 0.2) is 23.3 Å². The highest BCUT2D eigenvalue weighted by Crippen LogP contribution is 2.19. The monoisotopic (exact) mass is 531 g/mol. The summed E-state index contributed by atoms with van der Waals surface area (Å²) < 4.78 is 10.1. The Morgan fingerprint density at radius 2 is 2.07 bits per heavy atom. The number of hydrogen-bond acceptors (Lipinski definition) is 7. The lowest BCUT2D eigenvalue weighted by atomic mass is 10.2. The number of halogens is 1. The third-order valence-electron chi connectivity index (χ3n) is 4.56. The number of guanidine groups is 1. The molecule has 0 spiro atoms. The van der Waals surface area contributed by atoms with Gasteiger partial charge in [-0.05, 0) is 12.5 Å². The van der Waals surface area contributed by atoms with E-state index >= 15 is 0 Å². The molecule has 1 saturated heterocycles. The molecular weight excluding hydrogens is 501 g/mol. The van der Waals surface area contributed by atoms with Gasteiger partial charge in [0.1, 0.15) is 5.82 Å². The second kappa shape index (κ2) is 12.1. The van der Waals surface area contributed by atoms with Gasteiger partial charge in [-0.15, -0.1) is 24.0 Å². The van der Waals surface area contributed by atoms with Gasteiger partial charge < -0.3 is 19.9 Å². The summed E-state index contributed by atoms with van der Waals surface area (Å²) in [5.74, 6) is 2.52. The summed E-state index contributed by atoms with van der Waals surface area (Å²) in [6, 6.07) is 3.97. The van der Waals surface area contributed by atoms with E-state index in [4.69, 9.17) is 4.74 Å². The van der Waals surface area contributed by atoms with Gasteiger partial charge in [0, 0.05) is 69.5 Å². The molecule has 29 heavy (non-hydrogen) atoms. The first-order valence-corrected chi connectivity index (χ1v) is 10.6. The molecule has 0 aromatic carbocycles. The van der Waals surface area contributed by atoms with E-state index in [-0.39, 0.29) is 24.0 Å². The third-order valence-corrected chi connectivity index (χ3v) is 5.38. The van der Waals surface area contributed by atoms with Crippen LogP contribution in [0.25, 0.3) is 0 Å². The number of nitrogens with zero attached hydrogens (tertiary/aromatic N) is 6. The van der Waals surface area contributed by atoms with Crippen LogP contribution >= 0.6 is 35.5 Å². The molecule has 1 N–H and O–H groups in total. The molecule has 0 saturated carbocycles. The molecule has 0 atom stereocenters. The van der Waals surface area contributed by atoms with E-state index in [1.165, 1.54) is 11.5 Å². The largest absolute Gasteiger partial charge is 0.477 e. The number of pyridine rings is 1. The number of nitrogens with one attached hydrogen (secondary N) is 1. The van der Waals surface area contributed by atoms with Crippen LogP contribution in [0.4, 0.5) is 5.13 Å². The number of rotatable bonds is 7. The van der Waals surface area contributed by atoms with Crippen LogP contribution in [-0.2, 0) is 13.0 Å². The predicted octanol–water partition coefficient (Wildman–Crippen LogP) is 2.80. The Labute approximate surface area is 194 Å². The van der Waals surface area contributed by atoms with Crippen molar-refractivity contribution in [3.63, 3.8) is 0 Å². The van der Waals surface area contributed by atoms with Crippen LogP contribution in [0.3, 0.4) is 0 Å². The molecule has 0 aliphatic carbocycles. The van der Waals surface area contributed by atoms with Crippen molar-refractivity contribution in [2.24, 2.45) is 4.99 Å². The van der Waals surface area contributed by atoms with E-state index in [0.717, 1.165) is 61.5 Å². The molecule has 3 rings (SSSR count). The number of hydrogen-bond donors (Lipinski definition) is 1. The first-order chi connectivity index (χ1) is 13.7. The van der Waals surface area contributed by atoms with Gasteiger partial charge in [0.15, 0.2) is 5.96 Å². The molecule has 1 fully saturated rings. The second-order valence-electron chi connectivity index (χ2n) is 6.54. The molecule has 0 radical (unpaired) electrons. The molecular formula is C19H30IN7OS. The normalized spacial score (nSPS) is 14.5. The number of aryl methyl sites for hydroxylation is 1. The molecule has 0 unspecified atom stereocenters. The molecule has 160 valence electrons. The first-order valence-electron chi connectivity index (χ1n) is 9.85. The van der Waals surface area contributed by atoms with Crippen LogP contribution in [0.1, 0.15) is 31.7 Å². The van der Waals surface area contributed by atoms with Crippen LogP contribution in [0, 0.1) is 0 Å². The van der Waals surface area contributed by atoms with Gasteiger partial charge in [-0.2, -0.15) is 4.37 Å². The molecule has 1 aliphatic rings. The van der Waals surface area contributed by atoms with Gasteiger partial charge in [-0.3, -0.25) is 4.99 Å². The first kappa shape index (κ1) is 23.6. The topological polar surface area (TPSA) is 78.8 Å². The third kappa shape index (κ3) is 6.39. The van der Waals surface area contributed by atoms with Crippen molar-refractivity contribution in [3.8, 4) is 5.88 Å². The highest BCUT2D eigenvalue weighted by Gasteiger charge is 2.22. The zero-order chi connectivity index (χ0) is 19.8. The summed E-state index contributed by atoms with van der Waals surface area (Å²) in [4.78, 5) is 18.0. The SMILES string of the molecule is CCCOc1ncccc1CNC(=NC)N1CCN(c2nc(CC)ns2)CC1.I. The number of ether oxygens (including phenoxy) is 1. The molecule has 2 aromatic heterocycles. The van der Waals surface area contributed by atoms with Crippen molar-refractivity contribution >= 4 is 46.6 Å². The predicted molar refractivity (Wildman–Crippen MR) is 129 cm³/mol. The van der Waals surface area contributed by atoms with Gasteiger partial charge >= 0.3 is 0 Å². The average molecular weight is 531 g/mol. The van der Waals surface area contributed by atoms with E-state index in [1.807, 2.05) is 19.2 Å². The van der Waals surface area contributed by atoms with Crippen molar-refractivity contribution in [2.45, 2.75) is 33.2 Å². The summed E-state index contributed by atoms with van der Waals surface area (Å²) in [6.45, 7) is 9.10. The van der Waals surface area contributed by atoms with E-state index < -0.39 is 0 Å². The van der Waals surface area contributed by atoms with Gasteiger partial charge in [-0.1, -0.05) is 19.9 Å². The van der Waals surface area contributed by atoms with E-state index in [0.29, 0.717) is 19.0 Å². The minimum atomic E-state index is 0. The fourth-order valence-electron chi connectivity index (χ4n) is 3.02. The number of aliphatic imine (C=N–C) groups is 1. The number of aromatic nitrogens is 3. The molecule has 2 aromatic rings. The number of anilines is 1. The van der Waals surface area contributed by atoms with Crippen LogP contribution in [0.2, 0.25) is 0 Å². The maximum absolute atomic E-state index is 5.75.